The summed E-state index contributed by atoms with van der Waals surface area (Å²) in [6.07, 6.45) is 5.78. The first-order chi connectivity index (χ1) is 12.3. The lowest BCUT2D eigenvalue weighted by molar-refractivity contribution is -0.142. The van der Waals surface area contributed by atoms with Crippen molar-refractivity contribution in [2.24, 2.45) is 10.6 Å². The molecule has 0 aromatic carbocycles. The summed E-state index contributed by atoms with van der Waals surface area (Å²) in [4.78, 5) is 36.5. The number of aromatic nitrogens is 1. The van der Waals surface area contributed by atoms with E-state index < -0.39 is 5.60 Å². The van der Waals surface area contributed by atoms with Crippen LogP contribution in [-0.4, -0.2) is 46.1 Å². The number of anilines is 1. The Bertz CT molecular complexity index is 711. The van der Waals surface area contributed by atoms with Gasteiger partial charge in [-0.2, -0.15) is 0 Å². The zero-order chi connectivity index (χ0) is 18.8. The van der Waals surface area contributed by atoms with Crippen LogP contribution >= 0.6 is 0 Å². The first-order valence-corrected chi connectivity index (χ1v) is 9.01. The molecule has 2 amide bonds. The second-order valence-corrected chi connectivity index (χ2v) is 8.34. The Kier molecular flexibility index (Phi) is 4.98. The highest BCUT2D eigenvalue weighted by Crippen LogP contribution is 2.34. The molecule has 1 aromatic rings. The van der Waals surface area contributed by atoms with Crippen molar-refractivity contribution in [3.05, 3.63) is 24.5 Å². The van der Waals surface area contributed by atoms with Gasteiger partial charge in [-0.3, -0.25) is 14.6 Å². The third kappa shape index (κ3) is 4.39. The Morgan fingerprint density at radius 3 is 2.88 bits per heavy atom. The van der Waals surface area contributed by atoms with Crippen molar-refractivity contribution in [3.8, 4) is 0 Å². The predicted molar refractivity (Wildman–Crippen MR) is 98.6 cm³/mol. The SMILES string of the molecule is CC(C)(C)CC(=O)N1CCCC2(CC(C(=O)Nc3cccnc3)=NO2)C1. The smallest absolute Gasteiger partial charge is 0.273 e. The van der Waals surface area contributed by atoms with Crippen LogP contribution < -0.4 is 5.32 Å². The van der Waals surface area contributed by atoms with Gasteiger partial charge in [-0.15, -0.1) is 0 Å². The maximum absolute atomic E-state index is 12.6. The number of carbonyl (C=O) groups excluding carboxylic acids is 2. The molecule has 2 aliphatic rings. The van der Waals surface area contributed by atoms with Crippen LogP contribution in [0.2, 0.25) is 0 Å². The summed E-state index contributed by atoms with van der Waals surface area (Å²) < 4.78 is 0. The first kappa shape index (κ1) is 18.4. The lowest BCUT2D eigenvalue weighted by Crippen LogP contribution is -2.51. The molecule has 1 atom stereocenters. The summed E-state index contributed by atoms with van der Waals surface area (Å²) in [5, 5.41) is 6.80. The van der Waals surface area contributed by atoms with E-state index in [0.717, 1.165) is 19.4 Å². The minimum atomic E-state index is -0.576. The number of carbonyl (C=O) groups is 2. The summed E-state index contributed by atoms with van der Waals surface area (Å²) in [7, 11) is 0. The molecule has 7 nitrogen and oxygen atoms in total. The van der Waals surface area contributed by atoms with Gasteiger partial charge in [0.05, 0.1) is 18.4 Å². The van der Waals surface area contributed by atoms with Gasteiger partial charge in [-0.25, -0.2) is 0 Å². The van der Waals surface area contributed by atoms with Crippen molar-refractivity contribution in [1.29, 1.82) is 0 Å². The molecule has 1 fully saturated rings. The normalized spacial score (nSPS) is 22.7. The molecule has 1 saturated heterocycles. The fourth-order valence-corrected chi connectivity index (χ4v) is 3.38. The molecular weight excluding hydrogens is 332 g/mol. The highest BCUT2D eigenvalue weighted by molar-refractivity contribution is 6.43. The van der Waals surface area contributed by atoms with Gasteiger partial charge in [0.2, 0.25) is 5.91 Å². The van der Waals surface area contributed by atoms with E-state index in [-0.39, 0.29) is 17.2 Å². The molecule has 3 heterocycles. The molecule has 0 aliphatic carbocycles. The average molecular weight is 358 g/mol. The van der Waals surface area contributed by atoms with Crippen LogP contribution in [0.1, 0.15) is 46.5 Å². The second-order valence-electron chi connectivity index (χ2n) is 8.34. The maximum atomic E-state index is 12.6. The van der Waals surface area contributed by atoms with Gasteiger partial charge in [0.15, 0.2) is 5.60 Å². The quantitative estimate of drug-likeness (QED) is 0.900. The Balaban J connectivity index is 1.60. The van der Waals surface area contributed by atoms with Gasteiger partial charge in [0.1, 0.15) is 5.71 Å². The van der Waals surface area contributed by atoms with Crippen molar-refractivity contribution >= 4 is 23.2 Å². The standard InChI is InChI=1S/C19H26N4O3/c1-18(2,3)11-16(24)23-9-5-7-19(13-23)10-15(22-26-19)17(25)21-14-6-4-8-20-12-14/h4,6,8,12H,5,7,9-11,13H2,1-3H3,(H,21,25). The number of pyridine rings is 1. The summed E-state index contributed by atoms with van der Waals surface area (Å²) >= 11 is 0. The number of piperidine rings is 1. The number of amides is 2. The lowest BCUT2D eigenvalue weighted by atomic mass is 9.86. The van der Waals surface area contributed by atoms with E-state index in [4.69, 9.17) is 4.84 Å². The Morgan fingerprint density at radius 1 is 1.38 bits per heavy atom. The van der Waals surface area contributed by atoms with Crippen molar-refractivity contribution in [2.45, 2.75) is 52.1 Å². The molecule has 140 valence electrons. The minimum absolute atomic E-state index is 0.0521. The molecule has 1 N–H and O–H groups in total. The van der Waals surface area contributed by atoms with E-state index >= 15 is 0 Å². The van der Waals surface area contributed by atoms with Crippen molar-refractivity contribution in [2.75, 3.05) is 18.4 Å². The fourth-order valence-electron chi connectivity index (χ4n) is 3.38. The predicted octanol–water partition coefficient (Wildman–Crippen LogP) is 2.59. The molecule has 0 radical (unpaired) electrons. The zero-order valence-corrected chi connectivity index (χ0v) is 15.6. The molecule has 2 aliphatic heterocycles. The van der Waals surface area contributed by atoms with Crippen molar-refractivity contribution in [3.63, 3.8) is 0 Å². The van der Waals surface area contributed by atoms with E-state index in [1.165, 1.54) is 0 Å². The van der Waals surface area contributed by atoms with Gasteiger partial charge in [0.25, 0.3) is 5.91 Å². The molecule has 0 bridgehead atoms. The molecule has 26 heavy (non-hydrogen) atoms. The minimum Gasteiger partial charge on any atom is -0.386 e. The zero-order valence-electron chi connectivity index (χ0n) is 15.6. The molecule has 0 saturated carbocycles. The third-order valence-corrected chi connectivity index (χ3v) is 4.59. The van der Waals surface area contributed by atoms with Crippen LogP contribution in [0, 0.1) is 5.41 Å². The van der Waals surface area contributed by atoms with E-state index in [9.17, 15) is 9.59 Å². The molecule has 3 rings (SSSR count). The number of hydrogen-bond donors (Lipinski definition) is 1. The highest BCUT2D eigenvalue weighted by atomic mass is 16.7. The van der Waals surface area contributed by atoms with Crippen molar-refractivity contribution < 1.29 is 14.4 Å². The Morgan fingerprint density at radius 2 is 2.19 bits per heavy atom. The Labute approximate surface area is 153 Å². The van der Waals surface area contributed by atoms with E-state index in [1.807, 2.05) is 4.90 Å². The van der Waals surface area contributed by atoms with Crippen molar-refractivity contribution in [1.82, 2.24) is 9.88 Å². The molecule has 1 unspecified atom stereocenters. The molecule has 7 heteroatoms. The Hall–Kier alpha value is -2.44. The van der Waals surface area contributed by atoms with Crippen LogP contribution in [0.3, 0.4) is 0 Å². The summed E-state index contributed by atoms with van der Waals surface area (Å²) in [6, 6.07) is 3.52. The van der Waals surface area contributed by atoms with Gasteiger partial charge in [-0.1, -0.05) is 25.9 Å². The molecule has 1 aromatic heterocycles. The summed E-state index contributed by atoms with van der Waals surface area (Å²) in [6.45, 7) is 7.38. The lowest BCUT2D eigenvalue weighted by Gasteiger charge is -2.39. The number of nitrogens with one attached hydrogen (secondary N) is 1. The van der Waals surface area contributed by atoms with E-state index in [1.54, 1.807) is 24.5 Å². The summed E-state index contributed by atoms with van der Waals surface area (Å²) in [5.41, 5.74) is 0.349. The number of rotatable bonds is 3. The van der Waals surface area contributed by atoms with Gasteiger partial charge in [-0.05, 0) is 30.4 Å². The first-order valence-electron chi connectivity index (χ1n) is 9.01. The monoisotopic (exact) mass is 358 g/mol. The van der Waals surface area contributed by atoms with Crippen LogP contribution in [0.5, 0.6) is 0 Å². The number of hydrogen-bond acceptors (Lipinski definition) is 5. The number of oxime groups is 1. The number of nitrogens with zero attached hydrogens (tertiary/aromatic N) is 3. The van der Waals surface area contributed by atoms with Gasteiger partial charge < -0.3 is 15.1 Å². The maximum Gasteiger partial charge on any atom is 0.273 e. The summed E-state index contributed by atoms with van der Waals surface area (Å²) in [5.74, 6) is -0.151. The molecular formula is C19H26N4O3. The van der Waals surface area contributed by atoms with Gasteiger partial charge >= 0.3 is 0 Å². The third-order valence-electron chi connectivity index (χ3n) is 4.59. The average Bonchev–Trinajstić information content (AvgIpc) is 2.98. The van der Waals surface area contributed by atoms with Crippen LogP contribution in [0.25, 0.3) is 0 Å². The van der Waals surface area contributed by atoms with E-state index in [0.29, 0.717) is 30.8 Å². The van der Waals surface area contributed by atoms with E-state index in [2.05, 4.69) is 36.2 Å². The second kappa shape index (κ2) is 7.05. The largest absolute Gasteiger partial charge is 0.386 e. The topological polar surface area (TPSA) is 83.9 Å². The van der Waals surface area contributed by atoms with Crippen LogP contribution in [0.4, 0.5) is 5.69 Å². The molecule has 1 spiro atoms. The van der Waals surface area contributed by atoms with Crippen LogP contribution in [0.15, 0.2) is 29.7 Å². The van der Waals surface area contributed by atoms with Crippen LogP contribution in [-0.2, 0) is 14.4 Å². The highest BCUT2D eigenvalue weighted by Gasteiger charge is 2.45. The fraction of sp³-hybridized carbons (Fsp3) is 0.579. The number of likely N-dealkylation sites (tertiary alicyclic amines) is 1. The van der Waals surface area contributed by atoms with Gasteiger partial charge in [0, 0.05) is 25.6 Å².